The van der Waals surface area contributed by atoms with E-state index in [-0.39, 0.29) is 11.9 Å². The molecular weight excluding hydrogens is 369 g/mol. The molecule has 4 nitrogen and oxygen atoms in total. The first-order valence-electron chi connectivity index (χ1n) is 8.29. The van der Waals surface area contributed by atoms with Gasteiger partial charge in [-0.1, -0.05) is 65.7 Å². The van der Waals surface area contributed by atoms with Crippen LogP contribution in [0.5, 0.6) is 0 Å². The van der Waals surface area contributed by atoms with Crippen LogP contribution in [0.2, 0.25) is 10.2 Å². The number of benzene rings is 2. The number of rotatable bonds is 5. The van der Waals surface area contributed by atoms with Crippen LogP contribution >= 0.6 is 23.2 Å². The molecule has 1 atom stereocenters. The van der Waals surface area contributed by atoms with Crippen LogP contribution in [0.3, 0.4) is 0 Å². The van der Waals surface area contributed by atoms with E-state index in [1.165, 1.54) is 0 Å². The predicted molar refractivity (Wildman–Crippen MR) is 105 cm³/mol. The van der Waals surface area contributed by atoms with E-state index in [2.05, 4.69) is 10.4 Å². The molecule has 0 radical (unpaired) electrons. The molecule has 1 N–H and O–H groups in total. The fraction of sp³-hybridized carbons (Fsp3) is 0.200. The van der Waals surface area contributed by atoms with E-state index in [9.17, 15) is 4.79 Å². The number of aromatic nitrogens is 2. The van der Waals surface area contributed by atoms with Gasteiger partial charge in [-0.3, -0.25) is 4.79 Å². The van der Waals surface area contributed by atoms with Gasteiger partial charge in [-0.05, 0) is 37.1 Å². The van der Waals surface area contributed by atoms with Crippen LogP contribution in [0.4, 0.5) is 0 Å². The standard InChI is InChI=1S/C20H19Cl2N3O/c1-13(16-8-10-17(21)11-9-16)23-20(26)18-14(2)24-25(19(18)22)12-15-6-4-3-5-7-15/h3-11,13H,12H2,1-2H3,(H,23,26). The highest BCUT2D eigenvalue weighted by atomic mass is 35.5. The zero-order valence-corrected chi connectivity index (χ0v) is 16.1. The summed E-state index contributed by atoms with van der Waals surface area (Å²) in [5, 5.41) is 8.40. The molecule has 0 bridgehead atoms. The van der Waals surface area contributed by atoms with Gasteiger partial charge in [0.05, 0.1) is 23.8 Å². The number of carbonyl (C=O) groups excluding carboxylic acids is 1. The summed E-state index contributed by atoms with van der Waals surface area (Å²) in [6, 6.07) is 17.1. The van der Waals surface area contributed by atoms with Gasteiger partial charge < -0.3 is 5.32 Å². The van der Waals surface area contributed by atoms with Crippen LogP contribution in [0, 0.1) is 6.92 Å². The number of hydrogen-bond acceptors (Lipinski definition) is 2. The van der Waals surface area contributed by atoms with E-state index in [0.717, 1.165) is 11.1 Å². The fourth-order valence-electron chi connectivity index (χ4n) is 2.78. The second kappa shape index (κ2) is 7.94. The Morgan fingerprint density at radius 2 is 1.77 bits per heavy atom. The molecule has 26 heavy (non-hydrogen) atoms. The van der Waals surface area contributed by atoms with Crippen LogP contribution in [-0.2, 0) is 6.54 Å². The molecule has 1 amide bonds. The molecule has 1 heterocycles. The minimum Gasteiger partial charge on any atom is -0.345 e. The third kappa shape index (κ3) is 4.09. The Morgan fingerprint density at radius 1 is 1.12 bits per heavy atom. The quantitative estimate of drug-likeness (QED) is 0.666. The molecule has 6 heteroatoms. The molecule has 3 aromatic rings. The lowest BCUT2D eigenvalue weighted by Crippen LogP contribution is -2.27. The lowest BCUT2D eigenvalue weighted by atomic mass is 10.1. The van der Waals surface area contributed by atoms with E-state index in [1.807, 2.05) is 49.4 Å². The van der Waals surface area contributed by atoms with Crippen LogP contribution < -0.4 is 5.32 Å². The SMILES string of the molecule is Cc1nn(Cc2ccccc2)c(Cl)c1C(=O)NC(C)c1ccc(Cl)cc1. The van der Waals surface area contributed by atoms with Crippen molar-refractivity contribution < 1.29 is 4.79 Å². The van der Waals surface area contributed by atoms with Crippen molar-refractivity contribution in [1.82, 2.24) is 15.1 Å². The van der Waals surface area contributed by atoms with Crippen molar-refractivity contribution in [2.24, 2.45) is 0 Å². The maximum absolute atomic E-state index is 12.7. The lowest BCUT2D eigenvalue weighted by Gasteiger charge is -2.14. The van der Waals surface area contributed by atoms with E-state index in [4.69, 9.17) is 23.2 Å². The van der Waals surface area contributed by atoms with Crippen LogP contribution in [0.1, 0.15) is 40.1 Å². The largest absolute Gasteiger partial charge is 0.345 e. The Labute approximate surface area is 162 Å². The Bertz CT molecular complexity index is 905. The number of carbonyl (C=O) groups is 1. The third-order valence-electron chi connectivity index (χ3n) is 4.19. The molecular formula is C20H19Cl2N3O. The average molecular weight is 388 g/mol. The first kappa shape index (κ1) is 18.5. The molecule has 1 unspecified atom stereocenters. The van der Waals surface area contributed by atoms with E-state index >= 15 is 0 Å². The van der Waals surface area contributed by atoms with Crippen LogP contribution in [-0.4, -0.2) is 15.7 Å². The van der Waals surface area contributed by atoms with Gasteiger partial charge in [0.25, 0.3) is 5.91 Å². The zero-order valence-electron chi connectivity index (χ0n) is 14.5. The van der Waals surface area contributed by atoms with Gasteiger partial charge in [0.15, 0.2) is 0 Å². The van der Waals surface area contributed by atoms with Crippen molar-refractivity contribution in [3.63, 3.8) is 0 Å². The number of amides is 1. The van der Waals surface area contributed by atoms with Crippen molar-refractivity contribution in [3.05, 3.63) is 87.2 Å². The molecule has 0 saturated heterocycles. The van der Waals surface area contributed by atoms with Crippen molar-refractivity contribution in [2.45, 2.75) is 26.4 Å². The van der Waals surface area contributed by atoms with Crippen molar-refractivity contribution in [2.75, 3.05) is 0 Å². The zero-order chi connectivity index (χ0) is 18.7. The number of halogens is 2. The minimum atomic E-state index is -0.241. The van der Waals surface area contributed by atoms with Crippen LogP contribution in [0.25, 0.3) is 0 Å². The van der Waals surface area contributed by atoms with E-state index < -0.39 is 0 Å². The Hall–Kier alpha value is -2.30. The summed E-state index contributed by atoms with van der Waals surface area (Å²) < 4.78 is 1.65. The lowest BCUT2D eigenvalue weighted by molar-refractivity contribution is 0.0939. The summed E-state index contributed by atoms with van der Waals surface area (Å²) in [7, 11) is 0. The molecule has 3 rings (SSSR count). The molecule has 0 aliphatic rings. The molecule has 0 fully saturated rings. The number of hydrogen-bond donors (Lipinski definition) is 1. The molecule has 0 saturated carbocycles. The monoisotopic (exact) mass is 387 g/mol. The van der Waals surface area contributed by atoms with Gasteiger partial charge in [-0.2, -0.15) is 5.10 Å². The highest BCUT2D eigenvalue weighted by Gasteiger charge is 2.22. The third-order valence-corrected chi connectivity index (χ3v) is 4.82. The molecule has 2 aromatic carbocycles. The topological polar surface area (TPSA) is 46.9 Å². The number of nitrogens with zero attached hydrogens (tertiary/aromatic N) is 2. The first-order valence-corrected chi connectivity index (χ1v) is 9.04. The Kier molecular flexibility index (Phi) is 5.64. The normalized spacial score (nSPS) is 12.0. The molecule has 134 valence electrons. The Balaban J connectivity index is 1.78. The van der Waals surface area contributed by atoms with Gasteiger partial charge in [0.2, 0.25) is 0 Å². The number of nitrogens with one attached hydrogen (secondary N) is 1. The van der Waals surface area contributed by atoms with Gasteiger partial charge in [0.1, 0.15) is 5.15 Å². The minimum absolute atomic E-state index is 0.173. The summed E-state index contributed by atoms with van der Waals surface area (Å²) in [5.74, 6) is -0.241. The van der Waals surface area contributed by atoms with Crippen molar-refractivity contribution in [3.8, 4) is 0 Å². The maximum Gasteiger partial charge on any atom is 0.256 e. The average Bonchev–Trinajstić information content (AvgIpc) is 2.90. The second-order valence-corrected chi connectivity index (χ2v) is 6.94. The second-order valence-electron chi connectivity index (χ2n) is 6.14. The molecule has 0 spiro atoms. The van der Waals surface area contributed by atoms with Gasteiger partial charge in [0, 0.05) is 5.02 Å². The summed E-state index contributed by atoms with van der Waals surface area (Å²) in [6.45, 7) is 4.22. The Morgan fingerprint density at radius 3 is 2.42 bits per heavy atom. The first-order chi connectivity index (χ1) is 12.5. The smallest absolute Gasteiger partial charge is 0.256 e. The van der Waals surface area contributed by atoms with Crippen LogP contribution in [0.15, 0.2) is 54.6 Å². The summed E-state index contributed by atoms with van der Waals surface area (Å²) in [5.41, 5.74) is 3.04. The van der Waals surface area contributed by atoms with Crippen molar-refractivity contribution >= 4 is 29.1 Å². The predicted octanol–water partition coefficient (Wildman–Crippen LogP) is 5.04. The molecule has 0 aliphatic heterocycles. The van der Waals surface area contributed by atoms with Gasteiger partial charge in [-0.25, -0.2) is 4.68 Å². The van der Waals surface area contributed by atoms with E-state index in [1.54, 1.807) is 23.7 Å². The molecule has 1 aromatic heterocycles. The van der Waals surface area contributed by atoms with Gasteiger partial charge in [-0.15, -0.1) is 0 Å². The highest BCUT2D eigenvalue weighted by molar-refractivity contribution is 6.33. The molecule has 0 aliphatic carbocycles. The van der Waals surface area contributed by atoms with Crippen molar-refractivity contribution in [1.29, 1.82) is 0 Å². The summed E-state index contributed by atoms with van der Waals surface area (Å²) in [4.78, 5) is 12.7. The number of aryl methyl sites for hydroxylation is 1. The highest BCUT2D eigenvalue weighted by Crippen LogP contribution is 2.23. The maximum atomic E-state index is 12.7. The fourth-order valence-corrected chi connectivity index (χ4v) is 3.22. The van der Waals surface area contributed by atoms with E-state index in [0.29, 0.717) is 28.0 Å². The summed E-state index contributed by atoms with van der Waals surface area (Å²) >= 11 is 12.4. The summed E-state index contributed by atoms with van der Waals surface area (Å²) in [6.07, 6.45) is 0. The van der Waals surface area contributed by atoms with Gasteiger partial charge >= 0.3 is 0 Å².